The van der Waals surface area contributed by atoms with Crippen molar-refractivity contribution in [2.75, 3.05) is 6.79 Å². The van der Waals surface area contributed by atoms with E-state index < -0.39 is 0 Å². The Bertz CT molecular complexity index is 1310. The molecule has 1 aliphatic heterocycles. The Labute approximate surface area is 164 Å². The van der Waals surface area contributed by atoms with Crippen LogP contribution < -0.4 is 15.0 Å². The molecule has 1 aliphatic rings. The molecule has 2 aromatic heterocycles. The highest BCUT2D eigenvalue weighted by molar-refractivity contribution is 7.71. The van der Waals surface area contributed by atoms with Crippen molar-refractivity contribution in [1.29, 1.82) is 0 Å². The number of benzene rings is 2. The molecule has 0 unspecified atom stereocenters. The maximum Gasteiger partial charge on any atom is 0.274 e. The molecule has 5 rings (SSSR count). The smallest absolute Gasteiger partial charge is 0.274 e. The minimum absolute atomic E-state index is 0.123. The first-order valence-electron chi connectivity index (χ1n) is 8.72. The van der Waals surface area contributed by atoms with Crippen molar-refractivity contribution in [2.24, 2.45) is 0 Å². The number of nitrogens with zero attached hydrogens (tertiary/aromatic N) is 4. The number of ether oxygens (including phenoxy) is 2. The van der Waals surface area contributed by atoms with Crippen LogP contribution in [0, 0.1) is 4.77 Å². The number of aromatic nitrogens is 5. The first-order valence-corrected chi connectivity index (χ1v) is 9.13. The van der Waals surface area contributed by atoms with Gasteiger partial charge in [-0.25, -0.2) is 4.68 Å². The van der Waals surface area contributed by atoms with Crippen LogP contribution in [0.5, 0.6) is 11.5 Å². The van der Waals surface area contributed by atoms with E-state index in [-0.39, 0.29) is 12.4 Å². The summed E-state index contributed by atoms with van der Waals surface area (Å²) < 4.78 is 14.5. The number of aromatic amines is 1. The summed E-state index contributed by atoms with van der Waals surface area (Å²) in [5, 5.41) is 12.9. The van der Waals surface area contributed by atoms with E-state index in [2.05, 4.69) is 15.3 Å². The molecule has 0 bridgehead atoms. The molecule has 1 N–H and O–H groups in total. The van der Waals surface area contributed by atoms with E-state index in [0.717, 1.165) is 11.1 Å². The highest BCUT2D eigenvalue weighted by Gasteiger charge is 2.16. The molecule has 0 saturated heterocycles. The Morgan fingerprint density at radius 1 is 1.14 bits per heavy atom. The molecule has 8 nitrogen and oxygen atoms in total. The van der Waals surface area contributed by atoms with Crippen molar-refractivity contribution in [1.82, 2.24) is 24.5 Å². The monoisotopic (exact) mass is 393 g/mol. The van der Waals surface area contributed by atoms with E-state index in [4.69, 9.17) is 21.7 Å². The molecule has 9 heteroatoms. The third-order valence-corrected chi connectivity index (χ3v) is 4.94. The molecule has 2 aromatic carbocycles. The highest BCUT2D eigenvalue weighted by atomic mass is 32.1. The summed E-state index contributed by atoms with van der Waals surface area (Å²) in [4.78, 5) is 12.7. The topological polar surface area (TPSA) is 87.0 Å². The van der Waals surface area contributed by atoms with Crippen LogP contribution in [-0.4, -0.2) is 31.3 Å². The third-order valence-electron chi connectivity index (χ3n) is 4.67. The van der Waals surface area contributed by atoms with Crippen molar-refractivity contribution in [3.63, 3.8) is 0 Å². The number of hydrogen-bond acceptors (Lipinski definition) is 6. The number of hydrogen-bond donors (Lipinski definition) is 1. The summed E-state index contributed by atoms with van der Waals surface area (Å²) in [5.41, 5.74) is 0.693. The van der Waals surface area contributed by atoms with Gasteiger partial charge in [-0.1, -0.05) is 18.2 Å². The van der Waals surface area contributed by atoms with Crippen LogP contribution in [0.15, 0.2) is 53.5 Å². The lowest BCUT2D eigenvalue weighted by atomic mass is 10.2. The van der Waals surface area contributed by atoms with Crippen molar-refractivity contribution in [2.45, 2.75) is 13.0 Å². The summed E-state index contributed by atoms with van der Waals surface area (Å²) in [7, 11) is 0. The Hall–Kier alpha value is -3.46. The van der Waals surface area contributed by atoms with E-state index in [9.17, 15) is 4.79 Å². The minimum Gasteiger partial charge on any atom is -0.454 e. The predicted octanol–water partition coefficient (Wildman–Crippen LogP) is 2.61. The molecule has 0 amide bonds. The van der Waals surface area contributed by atoms with Crippen LogP contribution in [0.25, 0.3) is 16.5 Å². The van der Waals surface area contributed by atoms with Crippen LogP contribution in [0.3, 0.4) is 0 Å². The number of H-pyrrole nitrogens is 1. The molecular formula is C19H15N5O3S. The van der Waals surface area contributed by atoms with Crippen molar-refractivity contribution in [3.8, 4) is 17.2 Å². The third kappa shape index (κ3) is 2.76. The average Bonchev–Trinajstić information content (AvgIpc) is 3.33. The molecule has 28 heavy (non-hydrogen) atoms. The molecule has 0 fully saturated rings. The van der Waals surface area contributed by atoms with Crippen LogP contribution in [0.4, 0.5) is 0 Å². The fourth-order valence-corrected chi connectivity index (χ4v) is 3.54. The van der Waals surface area contributed by atoms with Crippen molar-refractivity contribution in [3.05, 3.63) is 69.6 Å². The standard InChI is InChI=1S/C19H15N5O3S/c25-18-14-4-2-1-3-12(14)10-20-23(18)8-7-17-21-22-19(28)24(17)13-5-6-15-16(9-13)27-11-26-15/h1-6,9-10H,7-8,11H2,(H,22,28). The Morgan fingerprint density at radius 2 is 2.00 bits per heavy atom. The Kier molecular flexibility index (Phi) is 3.94. The minimum atomic E-state index is -0.123. The Morgan fingerprint density at radius 3 is 2.93 bits per heavy atom. The fraction of sp³-hybridized carbons (Fsp3) is 0.158. The molecule has 4 aromatic rings. The molecule has 0 atom stereocenters. The van der Waals surface area contributed by atoms with E-state index in [0.29, 0.717) is 40.4 Å². The van der Waals surface area contributed by atoms with Gasteiger partial charge in [0.15, 0.2) is 16.3 Å². The number of fused-ring (bicyclic) bond motifs is 2. The summed E-state index contributed by atoms with van der Waals surface area (Å²) >= 11 is 5.39. The second-order valence-corrected chi connectivity index (χ2v) is 6.71. The molecule has 3 heterocycles. The summed E-state index contributed by atoms with van der Waals surface area (Å²) in [5.74, 6) is 2.07. The predicted molar refractivity (Wildman–Crippen MR) is 105 cm³/mol. The van der Waals surface area contributed by atoms with Gasteiger partial charge in [0.1, 0.15) is 5.82 Å². The van der Waals surface area contributed by atoms with Gasteiger partial charge in [0.05, 0.1) is 23.8 Å². The van der Waals surface area contributed by atoms with E-state index in [1.807, 2.05) is 41.0 Å². The molecule has 140 valence electrons. The first kappa shape index (κ1) is 16.7. The van der Waals surface area contributed by atoms with E-state index in [1.54, 1.807) is 12.3 Å². The second-order valence-electron chi connectivity index (χ2n) is 6.33. The van der Waals surface area contributed by atoms with Gasteiger partial charge >= 0.3 is 0 Å². The zero-order valence-corrected chi connectivity index (χ0v) is 15.5. The Balaban J connectivity index is 1.47. The second kappa shape index (κ2) is 6.61. The summed E-state index contributed by atoms with van der Waals surface area (Å²) in [6.07, 6.45) is 2.18. The van der Waals surface area contributed by atoms with Crippen LogP contribution in [-0.2, 0) is 13.0 Å². The van der Waals surface area contributed by atoms with Crippen molar-refractivity contribution < 1.29 is 9.47 Å². The molecule has 0 spiro atoms. The number of aryl methyl sites for hydroxylation is 2. The van der Waals surface area contributed by atoms with Crippen LogP contribution in [0.2, 0.25) is 0 Å². The SMILES string of the molecule is O=c1c2ccccc2cnn1CCc1n[nH]c(=S)n1-c1ccc2c(c1)OCO2. The zero-order chi connectivity index (χ0) is 19.1. The molecular weight excluding hydrogens is 378 g/mol. The lowest BCUT2D eigenvalue weighted by Crippen LogP contribution is -2.24. The largest absolute Gasteiger partial charge is 0.454 e. The normalized spacial score (nSPS) is 12.6. The maximum atomic E-state index is 12.7. The number of rotatable bonds is 4. The molecule has 0 aliphatic carbocycles. The quantitative estimate of drug-likeness (QED) is 0.537. The molecule has 0 radical (unpaired) electrons. The van der Waals surface area contributed by atoms with Gasteiger partial charge in [0.2, 0.25) is 6.79 Å². The van der Waals surface area contributed by atoms with Gasteiger partial charge in [0.25, 0.3) is 5.56 Å². The van der Waals surface area contributed by atoms with Crippen molar-refractivity contribution >= 4 is 23.0 Å². The van der Waals surface area contributed by atoms with E-state index >= 15 is 0 Å². The van der Waals surface area contributed by atoms with E-state index in [1.165, 1.54) is 4.68 Å². The van der Waals surface area contributed by atoms with Crippen LogP contribution >= 0.6 is 12.2 Å². The lowest BCUT2D eigenvalue weighted by Gasteiger charge is -2.09. The zero-order valence-electron chi connectivity index (χ0n) is 14.7. The van der Waals surface area contributed by atoms with Gasteiger partial charge in [-0.15, -0.1) is 0 Å². The maximum absolute atomic E-state index is 12.7. The highest BCUT2D eigenvalue weighted by Crippen LogP contribution is 2.33. The molecule has 0 saturated carbocycles. The van der Waals surface area contributed by atoms with Gasteiger partial charge in [-0.3, -0.25) is 14.5 Å². The van der Waals surface area contributed by atoms with Gasteiger partial charge in [-0.2, -0.15) is 10.2 Å². The summed E-state index contributed by atoms with van der Waals surface area (Å²) in [6, 6.07) is 13.0. The van der Waals surface area contributed by atoms with Crippen LogP contribution in [0.1, 0.15) is 5.82 Å². The first-order chi connectivity index (χ1) is 13.7. The fourth-order valence-electron chi connectivity index (χ4n) is 3.28. The van der Waals surface area contributed by atoms with Gasteiger partial charge < -0.3 is 9.47 Å². The summed E-state index contributed by atoms with van der Waals surface area (Å²) in [6.45, 7) is 0.590. The number of nitrogens with one attached hydrogen (secondary N) is 1. The van der Waals surface area contributed by atoms with Gasteiger partial charge in [-0.05, 0) is 30.4 Å². The lowest BCUT2D eigenvalue weighted by molar-refractivity contribution is 0.174. The van der Waals surface area contributed by atoms with Gasteiger partial charge in [0, 0.05) is 17.9 Å². The average molecular weight is 393 g/mol.